The Bertz CT molecular complexity index is 2910. The molecule has 2 heterocycles. The van der Waals surface area contributed by atoms with E-state index in [4.69, 9.17) is 19.4 Å². The van der Waals surface area contributed by atoms with Crippen LogP contribution < -0.4 is 0 Å². The molecule has 0 bridgehead atoms. The highest BCUT2D eigenvalue weighted by atomic mass is 16.3. The Balaban J connectivity index is 1.25. The van der Waals surface area contributed by atoms with Gasteiger partial charge in [-0.25, -0.2) is 15.0 Å². The van der Waals surface area contributed by atoms with Crippen molar-refractivity contribution in [3.05, 3.63) is 176 Å². The molecule has 0 radical (unpaired) electrons. The quantitative estimate of drug-likeness (QED) is 0.174. The zero-order chi connectivity index (χ0) is 33.7. The summed E-state index contributed by atoms with van der Waals surface area (Å²) < 4.78 is 6.29. The SMILES string of the molecule is c1ccc(-c2ccccc2-c2nc(-c3ccc4ccc5cccc(-c6ccccc6)c5c4c3)nc(-c3cccc4oc5ccccc5c34)n2)cc1. The summed E-state index contributed by atoms with van der Waals surface area (Å²) in [5, 5.41) is 6.73. The lowest BCUT2D eigenvalue weighted by atomic mass is 9.93. The van der Waals surface area contributed by atoms with Gasteiger partial charge in [0.05, 0.1) is 0 Å². The number of benzene rings is 8. The lowest BCUT2D eigenvalue weighted by Gasteiger charge is -2.14. The van der Waals surface area contributed by atoms with E-state index >= 15 is 0 Å². The minimum atomic E-state index is 0.595. The first-order chi connectivity index (χ1) is 25.3. The fourth-order valence-electron chi connectivity index (χ4n) is 7.36. The molecule has 4 nitrogen and oxygen atoms in total. The molecule has 0 saturated heterocycles. The summed E-state index contributed by atoms with van der Waals surface area (Å²) in [7, 11) is 0. The molecule has 2 aromatic heterocycles. The average Bonchev–Trinajstić information content (AvgIpc) is 3.60. The van der Waals surface area contributed by atoms with Gasteiger partial charge in [0.15, 0.2) is 17.5 Å². The van der Waals surface area contributed by atoms with E-state index in [1.54, 1.807) is 0 Å². The maximum atomic E-state index is 6.29. The van der Waals surface area contributed by atoms with Gasteiger partial charge in [-0.3, -0.25) is 0 Å². The highest BCUT2D eigenvalue weighted by Gasteiger charge is 2.20. The molecule has 0 atom stereocenters. The first-order valence-electron chi connectivity index (χ1n) is 17.1. The molecule has 10 aromatic rings. The van der Waals surface area contributed by atoms with Crippen LogP contribution in [0.2, 0.25) is 0 Å². The number of hydrogen-bond donors (Lipinski definition) is 0. The molecule has 0 aliphatic carbocycles. The largest absolute Gasteiger partial charge is 0.456 e. The van der Waals surface area contributed by atoms with Crippen LogP contribution >= 0.6 is 0 Å². The highest BCUT2D eigenvalue weighted by Crippen LogP contribution is 2.39. The van der Waals surface area contributed by atoms with Crippen molar-refractivity contribution in [3.8, 4) is 56.4 Å². The third-order valence-corrected chi connectivity index (χ3v) is 9.74. The zero-order valence-electron chi connectivity index (χ0n) is 27.5. The minimum Gasteiger partial charge on any atom is -0.456 e. The molecule has 238 valence electrons. The first kappa shape index (κ1) is 29.0. The van der Waals surface area contributed by atoms with Crippen LogP contribution in [0, 0.1) is 0 Å². The molecule has 51 heavy (non-hydrogen) atoms. The maximum Gasteiger partial charge on any atom is 0.164 e. The van der Waals surface area contributed by atoms with E-state index < -0.39 is 0 Å². The Kier molecular flexibility index (Phi) is 6.78. The summed E-state index contributed by atoms with van der Waals surface area (Å²) in [5.41, 5.74) is 8.94. The molecule has 0 N–H and O–H groups in total. The Morgan fingerprint density at radius 3 is 1.71 bits per heavy atom. The van der Waals surface area contributed by atoms with Gasteiger partial charge in [0, 0.05) is 27.5 Å². The summed E-state index contributed by atoms with van der Waals surface area (Å²) in [6.45, 7) is 0. The summed E-state index contributed by atoms with van der Waals surface area (Å²) in [5.74, 6) is 1.82. The highest BCUT2D eigenvalue weighted by molar-refractivity contribution is 6.15. The normalized spacial score (nSPS) is 11.5. The minimum absolute atomic E-state index is 0.595. The predicted molar refractivity (Wildman–Crippen MR) is 209 cm³/mol. The lowest BCUT2D eigenvalue weighted by molar-refractivity contribution is 0.669. The molecule has 8 aromatic carbocycles. The Hall–Kier alpha value is -6.91. The fraction of sp³-hybridized carbons (Fsp3) is 0. The number of aromatic nitrogens is 3. The van der Waals surface area contributed by atoms with Crippen LogP contribution in [0.1, 0.15) is 0 Å². The van der Waals surface area contributed by atoms with E-state index in [1.165, 1.54) is 21.9 Å². The van der Waals surface area contributed by atoms with Crippen LogP contribution in [-0.4, -0.2) is 15.0 Å². The third-order valence-electron chi connectivity index (χ3n) is 9.74. The van der Waals surface area contributed by atoms with Crippen LogP contribution in [0.5, 0.6) is 0 Å². The Morgan fingerprint density at radius 2 is 0.882 bits per heavy atom. The zero-order valence-corrected chi connectivity index (χ0v) is 27.5. The van der Waals surface area contributed by atoms with Gasteiger partial charge in [-0.05, 0) is 62.0 Å². The number of fused-ring (bicyclic) bond motifs is 6. The van der Waals surface area contributed by atoms with Gasteiger partial charge in [0.2, 0.25) is 0 Å². The van der Waals surface area contributed by atoms with Crippen LogP contribution in [0.4, 0.5) is 0 Å². The molecule has 4 heteroatoms. The second kappa shape index (κ2) is 11.9. The number of furan rings is 1. The maximum absolute atomic E-state index is 6.29. The van der Waals surface area contributed by atoms with Crippen LogP contribution in [0.15, 0.2) is 180 Å². The molecule has 0 unspecified atom stereocenters. The number of nitrogens with zero attached hydrogens (tertiary/aromatic N) is 3. The number of hydrogen-bond acceptors (Lipinski definition) is 4. The van der Waals surface area contributed by atoms with E-state index in [0.29, 0.717) is 17.5 Å². The summed E-state index contributed by atoms with van der Waals surface area (Å²) in [4.78, 5) is 15.7. The molecule has 0 amide bonds. The van der Waals surface area contributed by atoms with Crippen molar-refractivity contribution in [2.75, 3.05) is 0 Å². The van der Waals surface area contributed by atoms with Crippen molar-refractivity contribution in [2.45, 2.75) is 0 Å². The van der Waals surface area contributed by atoms with Crippen molar-refractivity contribution in [1.29, 1.82) is 0 Å². The molecule has 0 aliphatic heterocycles. The van der Waals surface area contributed by atoms with Crippen LogP contribution in [-0.2, 0) is 0 Å². The standard InChI is InChI=1S/C47H29N3O/c1-3-13-30(14-4-1)35-18-7-8-19-37(35)46-48-45(49-47(50-46)39-22-12-24-42-44(39)38-20-9-10-23-41(38)51-42)34-28-26-32-25-27-33-17-11-21-36(43(33)40(32)29-34)31-15-5-2-6-16-31/h1-29H. The van der Waals surface area contributed by atoms with Gasteiger partial charge >= 0.3 is 0 Å². The smallest absolute Gasteiger partial charge is 0.164 e. The fourth-order valence-corrected chi connectivity index (χ4v) is 7.36. The average molecular weight is 652 g/mol. The second-order valence-corrected chi connectivity index (χ2v) is 12.8. The molecule has 0 aliphatic rings. The predicted octanol–water partition coefficient (Wildman–Crippen LogP) is 12.4. The van der Waals surface area contributed by atoms with Crippen molar-refractivity contribution in [2.24, 2.45) is 0 Å². The van der Waals surface area contributed by atoms with Crippen molar-refractivity contribution < 1.29 is 4.42 Å². The van der Waals surface area contributed by atoms with Gasteiger partial charge in [0.1, 0.15) is 11.2 Å². The second-order valence-electron chi connectivity index (χ2n) is 12.8. The summed E-state index contributed by atoms with van der Waals surface area (Å²) in [6, 6.07) is 61.0. The summed E-state index contributed by atoms with van der Waals surface area (Å²) in [6.07, 6.45) is 0. The Labute approximate surface area is 294 Å². The molecule has 0 fully saturated rings. The van der Waals surface area contributed by atoms with Gasteiger partial charge in [-0.2, -0.15) is 0 Å². The van der Waals surface area contributed by atoms with E-state index in [9.17, 15) is 0 Å². The Morgan fingerprint density at radius 1 is 0.314 bits per heavy atom. The third kappa shape index (κ3) is 4.96. The molecular formula is C47H29N3O. The van der Waals surface area contributed by atoms with Gasteiger partial charge in [0.25, 0.3) is 0 Å². The van der Waals surface area contributed by atoms with Crippen LogP contribution in [0.3, 0.4) is 0 Å². The van der Waals surface area contributed by atoms with Gasteiger partial charge in [-0.15, -0.1) is 0 Å². The molecule has 0 saturated carbocycles. The first-order valence-corrected chi connectivity index (χ1v) is 17.1. The van der Waals surface area contributed by atoms with E-state index in [2.05, 4.69) is 133 Å². The van der Waals surface area contributed by atoms with Crippen molar-refractivity contribution in [3.63, 3.8) is 0 Å². The van der Waals surface area contributed by atoms with E-state index in [1.807, 2.05) is 42.5 Å². The van der Waals surface area contributed by atoms with Crippen LogP contribution in [0.25, 0.3) is 99.9 Å². The topological polar surface area (TPSA) is 51.8 Å². The molecule has 0 spiro atoms. The monoisotopic (exact) mass is 651 g/mol. The van der Waals surface area contributed by atoms with Gasteiger partial charge < -0.3 is 4.42 Å². The number of para-hydroxylation sites is 1. The lowest BCUT2D eigenvalue weighted by Crippen LogP contribution is -2.01. The van der Waals surface area contributed by atoms with Crippen molar-refractivity contribution >= 4 is 43.5 Å². The van der Waals surface area contributed by atoms with Crippen molar-refractivity contribution in [1.82, 2.24) is 15.0 Å². The van der Waals surface area contributed by atoms with Gasteiger partial charge in [-0.1, -0.05) is 158 Å². The molecule has 10 rings (SSSR count). The number of rotatable bonds is 5. The summed E-state index contributed by atoms with van der Waals surface area (Å²) >= 11 is 0. The molecular weight excluding hydrogens is 623 g/mol. The van der Waals surface area contributed by atoms with E-state index in [-0.39, 0.29) is 0 Å². The van der Waals surface area contributed by atoms with E-state index in [0.717, 1.165) is 60.5 Å².